The summed E-state index contributed by atoms with van der Waals surface area (Å²) in [6.07, 6.45) is 8.25. The minimum absolute atomic E-state index is 0.173. The largest absolute Gasteiger partial charge is 0.390 e. The van der Waals surface area contributed by atoms with Crippen molar-refractivity contribution in [1.29, 1.82) is 0 Å². The monoisotopic (exact) mass is 478 g/mol. The summed E-state index contributed by atoms with van der Waals surface area (Å²) in [6.45, 7) is 1.70. The molecule has 5 nitrogen and oxygen atoms in total. The zero-order chi connectivity index (χ0) is 22.6. The molecule has 0 saturated carbocycles. The van der Waals surface area contributed by atoms with E-state index >= 15 is 0 Å². The van der Waals surface area contributed by atoms with Crippen LogP contribution in [-0.2, 0) is 19.4 Å². The highest BCUT2D eigenvalue weighted by Crippen LogP contribution is 2.45. The highest BCUT2D eigenvalue weighted by molar-refractivity contribution is 6.43. The summed E-state index contributed by atoms with van der Waals surface area (Å²) in [4.78, 5) is 11.8. The van der Waals surface area contributed by atoms with Gasteiger partial charge in [-0.05, 0) is 54.4 Å². The van der Waals surface area contributed by atoms with Gasteiger partial charge in [-0.2, -0.15) is 0 Å². The third kappa shape index (κ3) is 3.41. The summed E-state index contributed by atoms with van der Waals surface area (Å²) in [5, 5.41) is 11.1. The fraction of sp³-hybridized carbons (Fsp3) is 0.308. The van der Waals surface area contributed by atoms with Crippen LogP contribution in [0, 0.1) is 5.41 Å². The molecule has 168 valence electrons. The van der Waals surface area contributed by atoms with Crippen LogP contribution in [0.2, 0.25) is 10.0 Å². The zero-order valence-electron chi connectivity index (χ0n) is 18.1. The highest BCUT2D eigenvalue weighted by Gasteiger charge is 2.40. The van der Waals surface area contributed by atoms with Crippen LogP contribution in [0.1, 0.15) is 29.7 Å². The number of fused-ring (bicyclic) bond motifs is 2. The molecule has 33 heavy (non-hydrogen) atoms. The molecule has 6 rings (SSSR count). The van der Waals surface area contributed by atoms with Crippen molar-refractivity contribution < 1.29 is 5.11 Å². The van der Waals surface area contributed by atoms with Gasteiger partial charge in [0.05, 0.1) is 22.3 Å². The molecule has 1 N–H and O–H groups in total. The van der Waals surface area contributed by atoms with Crippen molar-refractivity contribution in [2.75, 3.05) is 18.0 Å². The van der Waals surface area contributed by atoms with Gasteiger partial charge in [-0.1, -0.05) is 53.5 Å². The standard InChI is InChI=1S/C26H24Cl2N4O/c27-20-7-3-6-19(22(20)28)24-30-21(16-33)23-25(29-10-13-32(23)24)31-11-8-26(9-12-31)14-17-4-1-2-5-18(17)15-26/h1-7,10,13,33H,8-9,11-12,14-16H2. The second-order valence-electron chi connectivity index (χ2n) is 9.22. The molecule has 0 radical (unpaired) electrons. The Balaban J connectivity index is 1.35. The molecule has 0 atom stereocenters. The quantitative estimate of drug-likeness (QED) is 0.417. The summed E-state index contributed by atoms with van der Waals surface area (Å²) in [5.74, 6) is 1.52. The normalized spacial score (nSPS) is 17.1. The number of piperidine rings is 1. The van der Waals surface area contributed by atoms with Gasteiger partial charge in [0.1, 0.15) is 11.3 Å². The number of rotatable bonds is 3. The van der Waals surface area contributed by atoms with Crippen LogP contribution in [-0.4, -0.2) is 32.6 Å². The highest BCUT2D eigenvalue weighted by atomic mass is 35.5. The number of halogens is 2. The molecule has 1 saturated heterocycles. The molecule has 1 fully saturated rings. The topological polar surface area (TPSA) is 53.7 Å². The van der Waals surface area contributed by atoms with E-state index in [9.17, 15) is 5.11 Å². The van der Waals surface area contributed by atoms with Crippen LogP contribution in [0.25, 0.3) is 16.9 Å². The molecule has 4 aromatic rings. The van der Waals surface area contributed by atoms with E-state index in [2.05, 4.69) is 29.2 Å². The summed E-state index contributed by atoms with van der Waals surface area (Å²) in [6, 6.07) is 14.4. The summed E-state index contributed by atoms with van der Waals surface area (Å²) in [5.41, 5.74) is 5.53. The zero-order valence-corrected chi connectivity index (χ0v) is 19.6. The lowest BCUT2D eigenvalue weighted by atomic mass is 9.76. The van der Waals surface area contributed by atoms with Crippen molar-refractivity contribution in [1.82, 2.24) is 14.4 Å². The van der Waals surface area contributed by atoms with Crippen LogP contribution in [0.15, 0.2) is 54.9 Å². The third-order valence-electron chi connectivity index (χ3n) is 7.32. The second kappa shape index (κ2) is 8.01. The maximum absolute atomic E-state index is 10.1. The summed E-state index contributed by atoms with van der Waals surface area (Å²) >= 11 is 12.8. The fourth-order valence-corrected chi connectivity index (χ4v) is 6.01. The summed E-state index contributed by atoms with van der Waals surface area (Å²) in [7, 11) is 0. The fourth-order valence-electron chi connectivity index (χ4n) is 5.62. The minimum atomic E-state index is -0.173. The van der Waals surface area contributed by atoms with Gasteiger partial charge in [0, 0.05) is 31.0 Å². The van der Waals surface area contributed by atoms with E-state index in [4.69, 9.17) is 33.2 Å². The number of hydrogen-bond donors (Lipinski definition) is 1. The molecule has 7 heteroatoms. The van der Waals surface area contributed by atoms with Crippen LogP contribution in [0.5, 0.6) is 0 Å². The van der Waals surface area contributed by atoms with Gasteiger partial charge in [0.25, 0.3) is 0 Å². The van der Waals surface area contributed by atoms with Gasteiger partial charge in [0.15, 0.2) is 5.82 Å². The Morgan fingerprint density at radius 1 is 0.970 bits per heavy atom. The van der Waals surface area contributed by atoms with Crippen molar-refractivity contribution in [3.05, 3.63) is 81.7 Å². The van der Waals surface area contributed by atoms with Crippen molar-refractivity contribution in [3.8, 4) is 11.4 Å². The van der Waals surface area contributed by atoms with Crippen molar-refractivity contribution in [3.63, 3.8) is 0 Å². The molecule has 1 aliphatic heterocycles. The number of anilines is 1. The Bertz CT molecular complexity index is 1330. The number of aliphatic hydroxyl groups is 1. The van der Waals surface area contributed by atoms with Crippen LogP contribution < -0.4 is 4.90 Å². The first-order valence-electron chi connectivity index (χ1n) is 11.3. The average Bonchev–Trinajstić information content (AvgIpc) is 3.39. The number of imidazole rings is 1. The molecule has 1 aliphatic carbocycles. The lowest BCUT2D eigenvalue weighted by molar-refractivity contribution is 0.232. The van der Waals surface area contributed by atoms with Crippen LogP contribution in [0.4, 0.5) is 5.82 Å². The van der Waals surface area contributed by atoms with Gasteiger partial charge in [-0.25, -0.2) is 9.97 Å². The first kappa shape index (κ1) is 21.0. The van der Waals surface area contributed by atoms with E-state index in [1.807, 2.05) is 22.7 Å². The van der Waals surface area contributed by atoms with Crippen LogP contribution >= 0.6 is 23.2 Å². The number of aliphatic hydroxyl groups excluding tert-OH is 1. The summed E-state index contributed by atoms with van der Waals surface area (Å²) < 4.78 is 1.97. The molecular weight excluding hydrogens is 455 g/mol. The van der Waals surface area contributed by atoms with Gasteiger partial charge in [-0.3, -0.25) is 4.40 Å². The molecule has 0 unspecified atom stereocenters. The van der Waals surface area contributed by atoms with Gasteiger partial charge in [-0.15, -0.1) is 0 Å². The smallest absolute Gasteiger partial charge is 0.154 e. The predicted octanol–water partition coefficient (Wildman–Crippen LogP) is 5.58. The minimum Gasteiger partial charge on any atom is -0.390 e. The SMILES string of the molecule is OCc1nc(-c2cccc(Cl)c2Cl)n2ccnc(N3CCC4(CC3)Cc3ccccc3C4)c12. The molecule has 2 aromatic heterocycles. The van der Waals surface area contributed by atoms with E-state index < -0.39 is 0 Å². The first-order valence-corrected chi connectivity index (χ1v) is 12.1. The Kier molecular flexibility index (Phi) is 5.09. The Morgan fingerprint density at radius 3 is 2.39 bits per heavy atom. The van der Waals surface area contributed by atoms with E-state index in [0.717, 1.165) is 42.8 Å². The number of benzene rings is 2. The Labute approximate surface area is 202 Å². The number of aromatic nitrogens is 3. The lowest BCUT2D eigenvalue weighted by Gasteiger charge is -2.40. The molecule has 2 aliphatic rings. The maximum atomic E-state index is 10.1. The molecular formula is C26H24Cl2N4O. The second-order valence-corrected chi connectivity index (χ2v) is 10.0. The Morgan fingerprint density at radius 2 is 1.70 bits per heavy atom. The molecule has 0 amide bonds. The van der Waals surface area contributed by atoms with Crippen molar-refractivity contribution in [2.45, 2.75) is 32.3 Å². The number of hydrogen-bond acceptors (Lipinski definition) is 4. The van der Waals surface area contributed by atoms with Crippen molar-refractivity contribution in [2.24, 2.45) is 5.41 Å². The molecule has 0 bridgehead atoms. The van der Waals surface area contributed by atoms with E-state index in [0.29, 0.717) is 27.0 Å². The molecule has 2 aromatic carbocycles. The predicted molar refractivity (Wildman–Crippen MR) is 132 cm³/mol. The molecule has 1 spiro atoms. The van der Waals surface area contributed by atoms with Crippen molar-refractivity contribution >= 4 is 34.5 Å². The maximum Gasteiger partial charge on any atom is 0.154 e. The van der Waals surface area contributed by atoms with Crippen LogP contribution in [0.3, 0.4) is 0 Å². The first-order chi connectivity index (χ1) is 16.1. The van der Waals surface area contributed by atoms with E-state index in [1.165, 1.54) is 24.0 Å². The Hall–Kier alpha value is -2.60. The van der Waals surface area contributed by atoms with E-state index in [1.54, 1.807) is 12.3 Å². The number of nitrogens with zero attached hydrogens (tertiary/aromatic N) is 4. The third-order valence-corrected chi connectivity index (χ3v) is 8.14. The van der Waals surface area contributed by atoms with E-state index in [-0.39, 0.29) is 6.61 Å². The lowest BCUT2D eigenvalue weighted by Crippen LogP contribution is -2.41. The average molecular weight is 479 g/mol. The van der Waals surface area contributed by atoms with Gasteiger partial charge < -0.3 is 10.0 Å². The molecule has 3 heterocycles. The van der Waals surface area contributed by atoms with Gasteiger partial charge in [0.2, 0.25) is 0 Å². The van der Waals surface area contributed by atoms with Gasteiger partial charge >= 0.3 is 0 Å².